The monoisotopic (exact) mass is 159 g/mol. The summed E-state index contributed by atoms with van der Waals surface area (Å²) in [5, 5.41) is 11.7. The van der Waals surface area contributed by atoms with Crippen LogP contribution in [0.2, 0.25) is 0 Å². The van der Waals surface area contributed by atoms with E-state index in [4.69, 9.17) is 0 Å². The molecule has 1 unspecified atom stereocenters. The van der Waals surface area contributed by atoms with Crippen LogP contribution in [0, 0.1) is 0 Å². The second-order valence-corrected chi connectivity index (χ2v) is 1.81. The summed E-state index contributed by atoms with van der Waals surface area (Å²) >= 11 is 0. The molecule has 1 aliphatic heterocycles. The largest absolute Gasteiger partial charge is 0.467 e. The molecule has 0 radical (unpaired) electrons. The minimum atomic E-state index is -1.74. The summed E-state index contributed by atoms with van der Waals surface area (Å²) in [7, 11) is 2.71. The normalized spacial score (nSPS) is 29.2. The van der Waals surface area contributed by atoms with E-state index in [2.05, 4.69) is 24.8 Å². The fraction of sp³-hybridized carbons (Fsp3) is 0.600. The van der Waals surface area contributed by atoms with Gasteiger partial charge in [-0.05, 0) is 0 Å². The van der Waals surface area contributed by atoms with Crippen molar-refractivity contribution < 1.29 is 14.6 Å². The van der Waals surface area contributed by atoms with Crippen LogP contribution in [-0.4, -0.2) is 37.7 Å². The fourth-order valence-corrected chi connectivity index (χ4v) is 0.565. The number of rotatable bonds is 1. The molecule has 0 fully saturated rings. The second kappa shape index (κ2) is 2.85. The van der Waals surface area contributed by atoms with Crippen molar-refractivity contribution in [2.24, 2.45) is 9.98 Å². The summed E-state index contributed by atoms with van der Waals surface area (Å²) in [6, 6.07) is -1.68. The van der Waals surface area contributed by atoms with Crippen LogP contribution in [0.25, 0.3) is 0 Å². The van der Waals surface area contributed by atoms with E-state index in [-0.39, 0.29) is 6.02 Å². The van der Waals surface area contributed by atoms with Crippen molar-refractivity contribution in [1.29, 1.82) is 0 Å². The first-order valence-electron chi connectivity index (χ1n) is 2.92. The molecular weight excluding hydrogens is 150 g/mol. The topological polar surface area (TPSA) is 75.4 Å². The molecular formula is C5H9N3O3. The number of ether oxygens (including phenoxy) is 2. The highest BCUT2D eigenvalue weighted by Crippen LogP contribution is 2.05. The smallest absolute Gasteiger partial charge is 0.360 e. The third kappa shape index (κ3) is 1.66. The Morgan fingerprint density at radius 3 is 2.91 bits per heavy atom. The summed E-state index contributed by atoms with van der Waals surface area (Å²) < 4.78 is 9.26. The molecule has 0 spiro atoms. The van der Waals surface area contributed by atoms with Crippen LogP contribution in [0.5, 0.6) is 0 Å². The minimum Gasteiger partial charge on any atom is -0.467 e. The summed E-state index contributed by atoms with van der Waals surface area (Å²) in [6.45, 7) is 0. The maximum atomic E-state index is 9.29. The lowest BCUT2D eigenvalue weighted by atomic mass is 10.7. The number of hydrogen-bond donors (Lipinski definition) is 2. The first-order chi connectivity index (χ1) is 5.20. The number of hydrogen-bond acceptors (Lipinski definition) is 6. The van der Waals surface area contributed by atoms with E-state index in [0.717, 1.165) is 0 Å². The Balaban J connectivity index is 2.75. The molecule has 1 rings (SSSR count). The quantitative estimate of drug-likeness (QED) is 0.475. The summed E-state index contributed by atoms with van der Waals surface area (Å²) in [5.74, 6) is 0. The van der Waals surface area contributed by atoms with Gasteiger partial charge in [-0.3, -0.25) is 0 Å². The lowest BCUT2D eigenvalue weighted by molar-refractivity contribution is -0.189. The van der Waals surface area contributed by atoms with Gasteiger partial charge in [0.2, 0.25) is 0 Å². The molecule has 0 amide bonds. The SMILES string of the molecule is COC1=NC(O)(OC)NC=N1. The third-order valence-corrected chi connectivity index (χ3v) is 1.14. The van der Waals surface area contributed by atoms with Gasteiger partial charge in [0.1, 0.15) is 0 Å². The molecule has 0 aromatic carbocycles. The zero-order valence-electron chi connectivity index (χ0n) is 6.24. The molecule has 0 saturated heterocycles. The van der Waals surface area contributed by atoms with Crippen LogP contribution in [-0.2, 0) is 9.47 Å². The van der Waals surface area contributed by atoms with Gasteiger partial charge < -0.3 is 19.9 Å². The van der Waals surface area contributed by atoms with E-state index >= 15 is 0 Å². The lowest BCUT2D eigenvalue weighted by Crippen LogP contribution is -2.47. The van der Waals surface area contributed by atoms with E-state index in [1.807, 2.05) is 0 Å². The number of methoxy groups -OCH3 is 2. The molecule has 0 aromatic rings. The molecule has 6 nitrogen and oxygen atoms in total. The standard InChI is InChI=1S/C5H9N3O3/c1-10-4-6-3-7-5(9,8-4)11-2/h3,9H,1-2H3,(H,6,7,8). The Labute approximate surface area is 63.6 Å². The summed E-state index contributed by atoms with van der Waals surface area (Å²) in [5.41, 5.74) is 0. The summed E-state index contributed by atoms with van der Waals surface area (Å²) in [4.78, 5) is 7.21. The van der Waals surface area contributed by atoms with Crippen LogP contribution in [0.15, 0.2) is 9.98 Å². The highest BCUT2D eigenvalue weighted by Gasteiger charge is 2.27. The van der Waals surface area contributed by atoms with Crippen molar-refractivity contribution in [3.05, 3.63) is 0 Å². The van der Waals surface area contributed by atoms with Crippen molar-refractivity contribution in [2.75, 3.05) is 14.2 Å². The van der Waals surface area contributed by atoms with E-state index in [1.165, 1.54) is 20.6 Å². The van der Waals surface area contributed by atoms with E-state index in [1.54, 1.807) is 0 Å². The van der Waals surface area contributed by atoms with Crippen molar-refractivity contribution >= 4 is 12.4 Å². The number of aliphatic hydroxyl groups is 1. The molecule has 1 atom stereocenters. The van der Waals surface area contributed by atoms with Crippen molar-refractivity contribution in [3.63, 3.8) is 0 Å². The van der Waals surface area contributed by atoms with Crippen LogP contribution >= 0.6 is 0 Å². The van der Waals surface area contributed by atoms with Gasteiger partial charge in [-0.1, -0.05) is 0 Å². The van der Waals surface area contributed by atoms with E-state index in [9.17, 15) is 5.11 Å². The van der Waals surface area contributed by atoms with Gasteiger partial charge in [-0.15, -0.1) is 4.99 Å². The zero-order valence-corrected chi connectivity index (χ0v) is 6.24. The summed E-state index contributed by atoms with van der Waals surface area (Å²) in [6.07, 6.45) is 1.25. The molecule has 6 heteroatoms. The predicted molar refractivity (Wildman–Crippen MR) is 38.0 cm³/mol. The van der Waals surface area contributed by atoms with Gasteiger partial charge in [-0.2, -0.15) is 4.99 Å². The Hall–Kier alpha value is -1.14. The van der Waals surface area contributed by atoms with Crippen LogP contribution in [0.3, 0.4) is 0 Å². The zero-order chi connectivity index (χ0) is 8.32. The van der Waals surface area contributed by atoms with E-state index < -0.39 is 6.03 Å². The van der Waals surface area contributed by atoms with Gasteiger partial charge in [-0.25, -0.2) is 0 Å². The average Bonchev–Trinajstić information content (AvgIpc) is 2.05. The first kappa shape index (κ1) is 7.96. The number of amidine groups is 1. The van der Waals surface area contributed by atoms with Gasteiger partial charge >= 0.3 is 12.1 Å². The molecule has 0 saturated carbocycles. The minimum absolute atomic E-state index is 0.0631. The molecule has 1 aliphatic rings. The molecule has 2 N–H and O–H groups in total. The van der Waals surface area contributed by atoms with Crippen LogP contribution < -0.4 is 5.32 Å². The average molecular weight is 159 g/mol. The number of nitrogens with one attached hydrogen (secondary N) is 1. The maximum Gasteiger partial charge on any atom is 0.360 e. The Morgan fingerprint density at radius 2 is 2.36 bits per heavy atom. The van der Waals surface area contributed by atoms with Gasteiger partial charge in [0.15, 0.2) is 0 Å². The Bertz CT molecular complexity index is 203. The lowest BCUT2D eigenvalue weighted by Gasteiger charge is -2.23. The Morgan fingerprint density at radius 1 is 1.64 bits per heavy atom. The predicted octanol–water partition coefficient (Wildman–Crippen LogP) is -1.13. The van der Waals surface area contributed by atoms with Gasteiger partial charge in [0, 0.05) is 7.11 Å². The van der Waals surface area contributed by atoms with E-state index in [0.29, 0.717) is 0 Å². The van der Waals surface area contributed by atoms with Gasteiger partial charge in [0.05, 0.1) is 13.4 Å². The molecule has 0 bridgehead atoms. The third-order valence-electron chi connectivity index (χ3n) is 1.14. The van der Waals surface area contributed by atoms with Crippen molar-refractivity contribution in [3.8, 4) is 0 Å². The molecule has 11 heavy (non-hydrogen) atoms. The highest BCUT2D eigenvalue weighted by molar-refractivity contribution is 5.84. The highest BCUT2D eigenvalue weighted by atomic mass is 16.7. The second-order valence-electron chi connectivity index (χ2n) is 1.81. The van der Waals surface area contributed by atoms with Crippen molar-refractivity contribution in [1.82, 2.24) is 5.32 Å². The first-order valence-corrected chi connectivity index (χ1v) is 2.92. The number of aliphatic imine (C=N–C) groups is 2. The fourth-order valence-electron chi connectivity index (χ4n) is 0.565. The molecule has 1 heterocycles. The molecule has 0 aromatic heterocycles. The maximum absolute atomic E-state index is 9.29. The van der Waals surface area contributed by atoms with Crippen LogP contribution in [0.4, 0.5) is 0 Å². The number of nitrogens with zero attached hydrogens (tertiary/aromatic N) is 2. The van der Waals surface area contributed by atoms with Crippen LogP contribution in [0.1, 0.15) is 0 Å². The van der Waals surface area contributed by atoms with Gasteiger partial charge in [0.25, 0.3) is 0 Å². The molecule has 0 aliphatic carbocycles. The Kier molecular flexibility index (Phi) is 2.06. The molecule has 62 valence electrons. The van der Waals surface area contributed by atoms with Crippen molar-refractivity contribution in [2.45, 2.75) is 6.03 Å².